The number of Topliss-reactive ketones (excluding diaryl/α,β-unsaturated/α-hetero) is 1. The van der Waals surface area contributed by atoms with E-state index in [9.17, 15) is 4.79 Å². The van der Waals surface area contributed by atoms with Crippen molar-refractivity contribution >= 4 is 28.7 Å². The second kappa shape index (κ2) is 5.71. The third-order valence-corrected chi connectivity index (χ3v) is 5.82. The van der Waals surface area contributed by atoms with Crippen LogP contribution in [-0.4, -0.2) is 5.78 Å². The van der Waals surface area contributed by atoms with Gasteiger partial charge in [-0.2, -0.15) is 0 Å². The molecule has 0 radical (unpaired) electrons. The van der Waals surface area contributed by atoms with Crippen LogP contribution in [0.15, 0.2) is 29.6 Å². The first kappa shape index (κ1) is 13.8. The summed E-state index contributed by atoms with van der Waals surface area (Å²) in [4.78, 5) is 13.2. The van der Waals surface area contributed by atoms with E-state index >= 15 is 0 Å². The third-order valence-electron chi connectivity index (χ3n) is 4.08. The van der Waals surface area contributed by atoms with Crippen LogP contribution in [0.2, 0.25) is 5.02 Å². The molecule has 0 aliphatic heterocycles. The third kappa shape index (κ3) is 2.55. The first-order valence-corrected chi connectivity index (χ1v) is 8.27. The van der Waals surface area contributed by atoms with Crippen LogP contribution in [0, 0.1) is 6.92 Å². The lowest BCUT2D eigenvalue weighted by Gasteiger charge is -2.24. The lowest BCUT2D eigenvalue weighted by molar-refractivity contribution is 0.0975. The number of halogens is 1. The molecule has 2 aromatic rings. The smallest absolute Gasteiger partial charge is 0.174 e. The predicted molar refractivity (Wildman–Crippen MR) is 85.1 cm³/mol. The van der Waals surface area contributed by atoms with Gasteiger partial charge in [-0.05, 0) is 54.2 Å². The van der Waals surface area contributed by atoms with E-state index in [1.54, 1.807) is 0 Å². The highest BCUT2D eigenvalue weighted by atomic mass is 35.5. The van der Waals surface area contributed by atoms with Crippen LogP contribution < -0.4 is 0 Å². The van der Waals surface area contributed by atoms with Crippen molar-refractivity contribution < 1.29 is 4.79 Å². The van der Waals surface area contributed by atoms with Crippen molar-refractivity contribution in [1.82, 2.24) is 0 Å². The van der Waals surface area contributed by atoms with E-state index in [1.165, 1.54) is 28.9 Å². The highest BCUT2D eigenvalue weighted by Crippen LogP contribution is 2.36. The maximum Gasteiger partial charge on any atom is 0.174 e. The molecule has 3 rings (SSSR count). The largest absolute Gasteiger partial charge is 0.293 e. The first-order valence-electron chi connectivity index (χ1n) is 7.01. The average molecular weight is 305 g/mol. The minimum atomic E-state index is 0.190. The van der Waals surface area contributed by atoms with Crippen LogP contribution in [0.25, 0.3) is 0 Å². The summed E-state index contributed by atoms with van der Waals surface area (Å²) in [7, 11) is 0. The second-order valence-electron chi connectivity index (χ2n) is 5.48. The number of carbonyl (C=O) groups is 1. The van der Waals surface area contributed by atoms with Crippen LogP contribution >= 0.6 is 22.9 Å². The van der Waals surface area contributed by atoms with Gasteiger partial charge in [0.2, 0.25) is 0 Å². The van der Waals surface area contributed by atoms with Gasteiger partial charge in [0.25, 0.3) is 0 Å². The van der Waals surface area contributed by atoms with Gasteiger partial charge in [-0.3, -0.25) is 4.79 Å². The van der Waals surface area contributed by atoms with E-state index in [0.29, 0.717) is 17.4 Å². The normalized spacial score (nSPS) is 17.8. The molecule has 0 saturated heterocycles. The molecule has 1 aliphatic carbocycles. The molecule has 104 valence electrons. The molecule has 20 heavy (non-hydrogen) atoms. The van der Waals surface area contributed by atoms with Gasteiger partial charge < -0.3 is 0 Å². The summed E-state index contributed by atoms with van der Waals surface area (Å²) < 4.78 is 0. The fourth-order valence-electron chi connectivity index (χ4n) is 3.00. The quantitative estimate of drug-likeness (QED) is 0.694. The number of thiophene rings is 1. The molecule has 1 aliphatic rings. The number of aryl methyl sites for hydroxylation is 2. The average Bonchev–Trinajstić information content (AvgIpc) is 2.79. The van der Waals surface area contributed by atoms with Crippen molar-refractivity contribution in [3.05, 3.63) is 56.2 Å². The Morgan fingerprint density at radius 2 is 2.20 bits per heavy atom. The monoisotopic (exact) mass is 304 g/mol. The topological polar surface area (TPSA) is 17.1 Å². The Kier molecular flexibility index (Phi) is 3.95. The van der Waals surface area contributed by atoms with E-state index in [1.807, 2.05) is 12.3 Å². The molecule has 1 heterocycles. The Morgan fingerprint density at radius 3 is 2.95 bits per heavy atom. The Balaban J connectivity index is 1.82. The summed E-state index contributed by atoms with van der Waals surface area (Å²) >= 11 is 7.68. The highest BCUT2D eigenvalue weighted by Gasteiger charge is 2.24. The summed E-state index contributed by atoms with van der Waals surface area (Å²) in [6.45, 7) is 1.95. The van der Waals surface area contributed by atoms with Crippen molar-refractivity contribution in [2.24, 2.45) is 0 Å². The van der Waals surface area contributed by atoms with Crippen molar-refractivity contribution in [3.63, 3.8) is 0 Å². The maximum atomic E-state index is 12.5. The predicted octanol–water partition coefficient (Wildman–Crippen LogP) is 5.40. The molecule has 0 saturated carbocycles. The SMILES string of the molecule is Cc1csc(C(=O)CC2CCCc3ccccc32)c1Cl. The number of rotatable bonds is 3. The van der Waals surface area contributed by atoms with Crippen LogP contribution in [0.3, 0.4) is 0 Å². The molecule has 0 fully saturated rings. The van der Waals surface area contributed by atoms with Gasteiger partial charge in [-0.15, -0.1) is 11.3 Å². The lowest BCUT2D eigenvalue weighted by Crippen LogP contribution is -2.13. The van der Waals surface area contributed by atoms with E-state index in [4.69, 9.17) is 11.6 Å². The summed E-state index contributed by atoms with van der Waals surface area (Å²) in [5.41, 5.74) is 3.77. The van der Waals surface area contributed by atoms with Crippen molar-refractivity contribution in [2.75, 3.05) is 0 Å². The first-order chi connectivity index (χ1) is 9.66. The van der Waals surface area contributed by atoms with Crippen LogP contribution in [0.5, 0.6) is 0 Å². The van der Waals surface area contributed by atoms with Gasteiger partial charge >= 0.3 is 0 Å². The number of ketones is 1. The second-order valence-corrected chi connectivity index (χ2v) is 6.73. The molecule has 3 heteroatoms. The molecule has 1 atom stereocenters. The summed E-state index contributed by atoms with van der Waals surface area (Å²) in [6.07, 6.45) is 3.99. The van der Waals surface area contributed by atoms with E-state index in [2.05, 4.69) is 24.3 Å². The zero-order chi connectivity index (χ0) is 14.1. The van der Waals surface area contributed by atoms with Crippen LogP contribution in [0.4, 0.5) is 0 Å². The van der Waals surface area contributed by atoms with Crippen molar-refractivity contribution in [1.29, 1.82) is 0 Å². The Hall–Kier alpha value is -1.12. The summed E-state index contributed by atoms with van der Waals surface area (Å²) in [5.74, 6) is 0.542. The Bertz CT molecular complexity index is 644. The lowest BCUT2D eigenvalue weighted by atomic mass is 9.80. The number of benzene rings is 1. The molecule has 0 bridgehead atoms. The molecular weight excluding hydrogens is 288 g/mol. The molecule has 0 N–H and O–H groups in total. The van der Waals surface area contributed by atoms with Crippen LogP contribution in [0.1, 0.15) is 51.5 Å². The van der Waals surface area contributed by atoms with Gasteiger partial charge in [0, 0.05) is 6.42 Å². The Morgan fingerprint density at radius 1 is 1.40 bits per heavy atom. The Labute approximate surface area is 128 Å². The fraction of sp³-hybridized carbons (Fsp3) is 0.353. The minimum absolute atomic E-state index is 0.190. The summed E-state index contributed by atoms with van der Waals surface area (Å²) in [6, 6.07) is 8.52. The molecule has 1 aromatic carbocycles. The molecule has 0 spiro atoms. The number of carbonyl (C=O) groups excluding carboxylic acids is 1. The zero-order valence-electron chi connectivity index (χ0n) is 11.5. The van der Waals surface area contributed by atoms with E-state index in [-0.39, 0.29) is 5.78 Å². The summed E-state index contributed by atoms with van der Waals surface area (Å²) in [5, 5.41) is 2.61. The molecular formula is C17H17ClOS. The van der Waals surface area contributed by atoms with Crippen LogP contribution in [-0.2, 0) is 6.42 Å². The number of hydrogen-bond donors (Lipinski definition) is 0. The highest BCUT2D eigenvalue weighted by molar-refractivity contribution is 7.13. The van der Waals surface area contributed by atoms with Crippen molar-refractivity contribution in [3.8, 4) is 0 Å². The molecule has 0 amide bonds. The van der Waals surface area contributed by atoms with E-state index in [0.717, 1.165) is 23.3 Å². The standard InChI is InChI=1S/C17H17ClOS/c1-11-10-20-17(16(11)18)15(19)9-13-7-4-6-12-5-2-3-8-14(12)13/h2-3,5,8,10,13H,4,6-7,9H2,1H3. The minimum Gasteiger partial charge on any atom is -0.293 e. The van der Waals surface area contributed by atoms with Gasteiger partial charge in [0.05, 0.1) is 9.90 Å². The van der Waals surface area contributed by atoms with Gasteiger partial charge in [0.1, 0.15) is 0 Å². The van der Waals surface area contributed by atoms with E-state index < -0.39 is 0 Å². The van der Waals surface area contributed by atoms with Gasteiger partial charge in [-0.25, -0.2) is 0 Å². The number of fused-ring (bicyclic) bond motifs is 1. The van der Waals surface area contributed by atoms with Gasteiger partial charge in [-0.1, -0.05) is 35.9 Å². The number of hydrogen-bond acceptors (Lipinski definition) is 2. The molecule has 1 nitrogen and oxygen atoms in total. The molecule has 1 unspecified atom stereocenters. The fourth-order valence-corrected chi connectivity index (χ4v) is 4.25. The van der Waals surface area contributed by atoms with Gasteiger partial charge in [0.15, 0.2) is 5.78 Å². The maximum absolute atomic E-state index is 12.5. The van der Waals surface area contributed by atoms with Crippen molar-refractivity contribution in [2.45, 2.75) is 38.5 Å². The molecule has 1 aromatic heterocycles. The zero-order valence-corrected chi connectivity index (χ0v) is 13.1.